The Balaban J connectivity index is 1.60. The van der Waals surface area contributed by atoms with Crippen LogP contribution in [0.5, 0.6) is 0 Å². The van der Waals surface area contributed by atoms with E-state index >= 15 is 0 Å². The molecule has 0 N–H and O–H groups in total. The molecule has 1 aromatic rings. The Morgan fingerprint density at radius 2 is 1.67 bits per heavy atom. The molecule has 0 amide bonds. The minimum atomic E-state index is -0.465. The van der Waals surface area contributed by atoms with Gasteiger partial charge in [0.05, 0.1) is 6.10 Å². The highest BCUT2D eigenvalue weighted by Gasteiger charge is 2.33. The summed E-state index contributed by atoms with van der Waals surface area (Å²) in [4.78, 5) is 0. The van der Waals surface area contributed by atoms with E-state index in [1.165, 1.54) is 55.9 Å². The fourth-order valence-electron chi connectivity index (χ4n) is 3.80. The third-order valence-corrected chi connectivity index (χ3v) is 7.38. The van der Waals surface area contributed by atoms with Crippen molar-refractivity contribution in [1.82, 2.24) is 0 Å². The van der Waals surface area contributed by atoms with E-state index in [-0.39, 0.29) is 0 Å². The zero-order chi connectivity index (χ0) is 12.2. The Kier molecular flexibility index (Phi) is 4.55. The predicted molar refractivity (Wildman–Crippen MR) is 81.3 cm³/mol. The molecule has 0 spiro atoms. The van der Waals surface area contributed by atoms with Gasteiger partial charge in [-0.1, -0.05) is 37.8 Å². The van der Waals surface area contributed by atoms with Gasteiger partial charge in [0, 0.05) is 4.50 Å². The molecule has 100 valence electrons. The lowest BCUT2D eigenvalue weighted by Crippen LogP contribution is -2.33. The zero-order valence-electron chi connectivity index (χ0n) is 11.1. The zero-order valence-corrected chi connectivity index (χ0v) is 13.4. The first kappa shape index (κ1) is 12.9. The van der Waals surface area contributed by atoms with Gasteiger partial charge in [0.2, 0.25) is 9.76 Å². The normalized spacial score (nSPS) is 22.9. The summed E-state index contributed by atoms with van der Waals surface area (Å²) in [6.45, 7) is 0. The van der Waals surface area contributed by atoms with Crippen molar-refractivity contribution < 1.29 is 4.43 Å². The first-order valence-electron chi connectivity index (χ1n) is 7.57. The molecule has 0 bridgehead atoms. The number of hydrogen-bond acceptors (Lipinski definition) is 2. The fraction of sp³-hybridized carbons (Fsp3) is 0.733. The van der Waals surface area contributed by atoms with E-state index in [9.17, 15) is 0 Å². The van der Waals surface area contributed by atoms with Crippen molar-refractivity contribution in [1.29, 1.82) is 0 Å². The maximum absolute atomic E-state index is 6.50. The van der Waals surface area contributed by atoms with E-state index in [2.05, 4.69) is 17.5 Å². The van der Waals surface area contributed by atoms with Crippen molar-refractivity contribution in [2.75, 3.05) is 0 Å². The molecule has 2 aliphatic carbocycles. The predicted octanol–water partition coefficient (Wildman–Crippen LogP) is 3.22. The minimum Gasteiger partial charge on any atom is -0.414 e. The summed E-state index contributed by atoms with van der Waals surface area (Å²) in [5.41, 5.74) is 0. The van der Waals surface area contributed by atoms with E-state index in [1.54, 1.807) is 0 Å². The van der Waals surface area contributed by atoms with Crippen molar-refractivity contribution >= 4 is 25.6 Å². The second-order valence-electron chi connectivity index (χ2n) is 5.94. The van der Waals surface area contributed by atoms with Crippen molar-refractivity contribution in [3.05, 3.63) is 17.5 Å². The average molecular weight is 281 g/mol. The molecule has 2 saturated carbocycles. The molecule has 1 nitrogen and oxygen atoms in total. The topological polar surface area (TPSA) is 9.23 Å². The Bertz CT molecular complexity index is 323. The molecular formula is C15H24OSSi. The molecule has 18 heavy (non-hydrogen) atoms. The van der Waals surface area contributed by atoms with Gasteiger partial charge >= 0.3 is 0 Å². The number of thiophene rings is 1. The SMILES string of the molecule is c1csc([SiH2]OC(C2CCCC2)C2CCCC2)c1. The number of hydrogen-bond donors (Lipinski definition) is 0. The van der Waals surface area contributed by atoms with Crippen LogP contribution < -0.4 is 4.50 Å². The van der Waals surface area contributed by atoms with Crippen LogP contribution in [0.4, 0.5) is 0 Å². The van der Waals surface area contributed by atoms with Crippen LogP contribution in [0.3, 0.4) is 0 Å². The van der Waals surface area contributed by atoms with Crippen molar-refractivity contribution in [3.8, 4) is 0 Å². The second kappa shape index (κ2) is 6.35. The quantitative estimate of drug-likeness (QED) is 0.753. The van der Waals surface area contributed by atoms with Crippen molar-refractivity contribution in [2.24, 2.45) is 11.8 Å². The average Bonchev–Trinajstić information content (AvgIpc) is 3.14. The van der Waals surface area contributed by atoms with Crippen LogP contribution in [0, 0.1) is 11.8 Å². The summed E-state index contributed by atoms with van der Waals surface area (Å²) >= 11 is 1.89. The minimum absolute atomic E-state index is 0.465. The summed E-state index contributed by atoms with van der Waals surface area (Å²) in [5.74, 6) is 1.78. The van der Waals surface area contributed by atoms with Gasteiger partial charge in [0.25, 0.3) is 0 Å². The third-order valence-electron chi connectivity index (χ3n) is 4.73. The molecule has 3 heteroatoms. The van der Waals surface area contributed by atoms with Crippen LogP contribution in [0.2, 0.25) is 0 Å². The molecule has 3 rings (SSSR count). The number of rotatable bonds is 5. The summed E-state index contributed by atoms with van der Waals surface area (Å²) in [7, 11) is -0.465. The largest absolute Gasteiger partial charge is 0.414 e. The smallest absolute Gasteiger partial charge is 0.203 e. The summed E-state index contributed by atoms with van der Waals surface area (Å²) in [5, 5.41) is 2.19. The summed E-state index contributed by atoms with van der Waals surface area (Å²) in [6, 6.07) is 4.42. The molecule has 0 aliphatic heterocycles. The molecular weight excluding hydrogens is 256 g/mol. The highest BCUT2D eigenvalue weighted by atomic mass is 32.1. The van der Waals surface area contributed by atoms with Gasteiger partial charge in [-0.25, -0.2) is 0 Å². The van der Waals surface area contributed by atoms with E-state index in [1.807, 2.05) is 11.3 Å². The maximum atomic E-state index is 6.50. The Hall–Kier alpha value is -0.123. The lowest BCUT2D eigenvalue weighted by atomic mass is 9.89. The van der Waals surface area contributed by atoms with Crippen LogP contribution in [0.15, 0.2) is 17.5 Å². The molecule has 0 radical (unpaired) electrons. The van der Waals surface area contributed by atoms with E-state index < -0.39 is 9.76 Å². The first-order valence-corrected chi connectivity index (χ1v) is 9.74. The van der Waals surface area contributed by atoms with Crippen LogP contribution in [-0.4, -0.2) is 15.9 Å². The molecule has 0 saturated heterocycles. The fourth-order valence-corrected chi connectivity index (χ4v) is 6.19. The van der Waals surface area contributed by atoms with Gasteiger partial charge in [0.15, 0.2) is 0 Å². The van der Waals surface area contributed by atoms with Crippen LogP contribution in [-0.2, 0) is 4.43 Å². The van der Waals surface area contributed by atoms with Crippen LogP contribution in [0.25, 0.3) is 0 Å². The van der Waals surface area contributed by atoms with Gasteiger partial charge in [-0.3, -0.25) is 0 Å². The van der Waals surface area contributed by atoms with Crippen LogP contribution >= 0.6 is 11.3 Å². The van der Waals surface area contributed by atoms with Crippen LogP contribution in [0.1, 0.15) is 51.4 Å². The van der Waals surface area contributed by atoms with Gasteiger partial charge < -0.3 is 4.43 Å². The highest BCUT2D eigenvalue weighted by Crippen LogP contribution is 2.38. The lowest BCUT2D eigenvalue weighted by molar-refractivity contribution is 0.0853. The molecule has 0 aromatic carbocycles. The molecule has 2 aliphatic rings. The summed E-state index contributed by atoms with van der Waals surface area (Å²) in [6.07, 6.45) is 12.1. The molecule has 0 atom stereocenters. The van der Waals surface area contributed by atoms with Crippen molar-refractivity contribution in [2.45, 2.75) is 57.5 Å². The molecule has 0 unspecified atom stereocenters. The standard InChI is InChI=1S/C15H24OSSi/c1-2-7-12(6-1)15(13-8-3-4-9-13)16-18-14-10-5-11-17-14/h5,10-13,15H,1-4,6-9,18H2. The third kappa shape index (κ3) is 3.06. The summed E-state index contributed by atoms with van der Waals surface area (Å²) < 4.78 is 8.03. The second-order valence-corrected chi connectivity index (χ2v) is 8.87. The Morgan fingerprint density at radius 3 is 2.17 bits per heavy atom. The highest BCUT2D eigenvalue weighted by molar-refractivity contribution is 7.19. The van der Waals surface area contributed by atoms with E-state index in [4.69, 9.17) is 4.43 Å². The van der Waals surface area contributed by atoms with Gasteiger partial charge in [0.1, 0.15) is 0 Å². The molecule has 2 fully saturated rings. The molecule has 1 heterocycles. The lowest BCUT2D eigenvalue weighted by Gasteiger charge is -2.29. The Labute approximate surface area is 117 Å². The first-order chi connectivity index (χ1) is 8.93. The monoisotopic (exact) mass is 280 g/mol. The van der Waals surface area contributed by atoms with Gasteiger partial charge in [-0.2, -0.15) is 11.3 Å². The van der Waals surface area contributed by atoms with E-state index in [0.29, 0.717) is 6.10 Å². The van der Waals surface area contributed by atoms with Crippen molar-refractivity contribution in [3.63, 3.8) is 0 Å². The maximum Gasteiger partial charge on any atom is 0.203 e. The van der Waals surface area contributed by atoms with Gasteiger partial charge in [-0.05, 0) is 42.9 Å². The van der Waals surface area contributed by atoms with Gasteiger partial charge in [-0.15, -0.1) is 0 Å². The molecule has 1 aromatic heterocycles. The Morgan fingerprint density at radius 1 is 1.06 bits per heavy atom. The van der Waals surface area contributed by atoms with E-state index in [0.717, 1.165) is 11.8 Å².